The molecule has 0 spiro atoms. The van der Waals surface area contributed by atoms with E-state index in [1.807, 2.05) is 24.3 Å². The number of rotatable bonds is 4. The molecule has 0 fully saturated rings. The molecule has 2 aromatic carbocycles. The third kappa shape index (κ3) is 3.01. The molecule has 3 rings (SSSR count). The summed E-state index contributed by atoms with van der Waals surface area (Å²) in [6, 6.07) is 11.2. The number of fused-ring (bicyclic) bond motifs is 1. The highest BCUT2D eigenvalue weighted by atomic mass is 32.2. The van der Waals surface area contributed by atoms with Crippen LogP contribution >= 0.6 is 23.1 Å². The van der Waals surface area contributed by atoms with Crippen molar-refractivity contribution in [3.05, 3.63) is 53.3 Å². The molecular formula is C18H14N2O2S2. The summed E-state index contributed by atoms with van der Waals surface area (Å²) in [6.07, 6.45) is 0. The molecule has 4 nitrogen and oxygen atoms in total. The van der Waals surface area contributed by atoms with E-state index in [-0.39, 0.29) is 0 Å². The normalized spacial score (nSPS) is 11.4. The maximum Gasteiger partial charge on any atom is 0.319 e. The van der Waals surface area contributed by atoms with Gasteiger partial charge in [0, 0.05) is 10.5 Å². The second-order valence-electron chi connectivity index (χ2n) is 5.72. The first-order valence-corrected chi connectivity index (χ1v) is 8.88. The summed E-state index contributed by atoms with van der Waals surface area (Å²) in [5.74, 6) is -0.855. The zero-order chi connectivity index (χ0) is 17.3. The van der Waals surface area contributed by atoms with Crippen molar-refractivity contribution < 1.29 is 9.90 Å². The summed E-state index contributed by atoms with van der Waals surface area (Å²) in [5, 5.41) is 9.44. The summed E-state index contributed by atoms with van der Waals surface area (Å²) >= 11 is 2.86. The first-order valence-electron chi connectivity index (χ1n) is 7.19. The Morgan fingerprint density at radius 1 is 1.25 bits per heavy atom. The second kappa shape index (κ2) is 6.27. The number of carbonyl (C=O) groups is 1. The van der Waals surface area contributed by atoms with Gasteiger partial charge >= 0.3 is 5.97 Å². The fraction of sp³-hybridized carbons (Fsp3) is 0.167. The molecule has 1 N–H and O–H groups in total. The first-order chi connectivity index (χ1) is 11.4. The molecule has 6 heteroatoms. The summed E-state index contributed by atoms with van der Waals surface area (Å²) in [6.45, 7) is 10.5. The lowest BCUT2D eigenvalue weighted by molar-refractivity contribution is -0.138. The number of thiazole rings is 1. The first kappa shape index (κ1) is 16.5. The standard InChI is InChI=1S/C18H14N2O2S2/c1-18(2,17(21)22)24-14-9-8-13-16(23-10-20-13)15(14)11-4-6-12(19-3)7-5-11/h4-10H,1-2H3,(H,21,22). The van der Waals surface area contributed by atoms with E-state index in [9.17, 15) is 9.90 Å². The number of hydrogen-bond acceptors (Lipinski definition) is 4. The van der Waals surface area contributed by atoms with Gasteiger partial charge < -0.3 is 5.11 Å². The summed E-state index contributed by atoms with van der Waals surface area (Å²) in [4.78, 5) is 20.2. The Bertz CT molecular complexity index is 953. The number of carboxylic acids is 1. The van der Waals surface area contributed by atoms with E-state index in [4.69, 9.17) is 6.57 Å². The molecule has 0 radical (unpaired) electrons. The van der Waals surface area contributed by atoms with Crippen LogP contribution in [0.15, 0.2) is 46.8 Å². The fourth-order valence-corrected chi connectivity index (χ4v) is 4.31. The highest BCUT2D eigenvalue weighted by molar-refractivity contribution is 8.01. The van der Waals surface area contributed by atoms with Gasteiger partial charge in [0.2, 0.25) is 0 Å². The molecule has 0 saturated heterocycles. The second-order valence-corrected chi connectivity index (χ2v) is 8.23. The molecule has 0 unspecified atom stereocenters. The Kier molecular flexibility index (Phi) is 4.31. The zero-order valence-electron chi connectivity index (χ0n) is 13.1. The molecule has 0 atom stereocenters. The number of aromatic nitrogens is 1. The van der Waals surface area contributed by atoms with Crippen LogP contribution in [0.1, 0.15) is 13.8 Å². The molecule has 24 heavy (non-hydrogen) atoms. The van der Waals surface area contributed by atoms with Crippen LogP contribution in [0, 0.1) is 6.57 Å². The Hall–Kier alpha value is -2.36. The third-order valence-electron chi connectivity index (χ3n) is 3.63. The maximum atomic E-state index is 11.5. The number of benzene rings is 2. The van der Waals surface area contributed by atoms with Crippen molar-refractivity contribution in [1.29, 1.82) is 0 Å². The molecule has 1 heterocycles. The van der Waals surface area contributed by atoms with E-state index >= 15 is 0 Å². The topological polar surface area (TPSA) is 54.5 Å². The molecule has 0 saturated carbocycles. The van der Waals surface area contributed by atoms with Crippen LogP contribution in [0.25, 0.3) is 26.2 Å². The highest BCUT2D eigenvalue weighted by Crippen LogP contribution is 2.43. The predicted octanol–water partition coefficient (Wildman–Crippen LogP) is 5.47. The molecule has 0 aliphatic heterocycles. The van der Waals surface area contributed by atoms with Crippen molar-refractivity contribution in [2.45, 2.75) is 23.5 Å². The molecule has 3 aromatic rings. The van der Waals surface area contributed by atoms with Crippen LogP contribution in [-0.2, 0) is 4.79 Å². The van der Waals surface area contributed by atoms with E-state index in [1.54, 1.807) is 31.5 Å². The third-order valence-corrected chi connectivity index (χ3v) is 5.73. The molecule has 0 aliphatic carbocycles. The number of nitrogens with zero attached hydrogens (tertiary/aromatic N) is 2. The van der Waals surface area contributed by atoms with Gasteiger partial charge in [-0.15, -0.1) is 23.1 Å². The number of hydrogen-bond donors (Lipinski definition) is 1. The van der Waals surface area contributed by atoms with Crippen molar-refractivity contribution in [2.75, 3.05) is 0 Å². The Morgan fingerprint density at radius 3 is 2.58 bits per heavy atom. The smallest absolute Gasteiger partial charge is 0.319 e. The Balaban J connectivity index is 2.19. The van der Waals surface area contributed by atoms with E-state index in [1.165, 1.54) is 23.1 Å². The average molecular weight is 354 g/mol. The van der Waals surface area contributed by atoms with E-state index in [2.05, 4.69) is 9.83 Å². The van der Waals surface area contributed by atoms with Crippen LogP contribution < -0.4 is 0 Å². The van der Waals surface area contributed by atoms with Gasteiger partial charge in [-0.2, -0.15) is 0 Å². The minimum atomic E-state index is -0.941. The fourth-order valence-electron chi connectivity index (χ4n) is 2.29. The average Bonchev–Trinajstić information content (AvgIpc) is 3.03. The van der Waals surface area contributed by atoms with Crippen LogP contribution in [0.5, 0.6) is 0 Å². The van der Waals surface area contributed by atoms with Crippen molar-refractivity contribution in [3.8, 4) is 11.1 Å². The molecule has 120 valence electrons. The van der Waals surface area contributed by atoms with Gasteiger partial charge in [0.25, 0.3) is 0 Å². The lowest BCUT2D eigenvalue weighted by Gasteiger charge is -2.21. The van der Waals surface area contributed by atoms with Crippen LogP contribution in [0.4, 0.5) is 5.69 Å². The summed E-state index contributed by atoms with van der Waals surface area (Å²) < 4.78 is 0.0839. The van der Waals surface area contributed by atoms with Gasteiger partial charge in [0.1, 0.15) is 4.75 Å². The summed E-state index contributed by atoms with van der Waals surface area (Å²) in [5.41, 5.74) is 5.20. The van der Waals surface area contributed by atoms with E-state index in [0.29, 0.717) is 5.69 Å². The van der Waals surface area contributed by atoms with Crippen molar-refractivity contribution in [3.63, 3.8) is 0 Å². The number of aliphatic carboxylic acids is 1. The Labute approximate surface area is 148 Å². The maximum absolute atomic E-state index is 11.5. The monoisotopic (exact) mass is 354 g/mol. The molecule has 0 amide bonds. The SMILES string of the molecule is [C-]#[N+]c1ccc(-c2c(SC(C)(C)C(=O)O)ccc3ncsc23)cc1. The number of thioether (sulfide) groups is 1. The van der Waals surface area contributed by atoms with Crippen LogP contribution in [-0.4, -0.2) is 20.8 Å². The summed E-state index contributed by atoms with van der Waals surface area (Å²) in [7, 11) is 0. The molecule has 0 aliphatic rings. The minimum absolute atomic E-state index is 0.579. The van der Waals surface area contributed by atoms with Gasteiger partial charge in [-0.25, -0.2) is 9.83 Å². The van der Waals surface area contributed by atoms with Crippen molar-refractivity contribution >= 4 is 45.0 Å². The van der Waals surface area contributed by atoms with Gasteiger partial charge in [-0.05, 0) is 31.5 Å². The number of carboxylic acid groups (broad SMARTS) is 1. The van der Waals surface area contributed by atoms with Crippen molar-refractivity contribution in [1.82, 2.24) is 4.98 Å². The largest absolute Gasteiger partial charge is 0.480 e. The lowest BCUT2D eigenvalue weighted by atomic mass is 10.0. The molecule has 0 bridgehead atoms. The minimum Gasteiger partial charge on any atom is -0.480 e. The quantitative estimate of drug-likeness (QED) is 0.499. The lowest BCUT2D eigenvalue weighted by Crippen LogP contribution is -2.26. The zero-order valence-corrected chi connectivity index (χ0v) is 14.7. The van der Waals surface area contributed by atoms with E-state index in [0.717, 1.165) is 26.2 Å². The van der Waals surface area contributed by atoms with Gasteiger partial charge in [-0.3, -0.25) is 4.79 Å². The van der Waals surface area contributed by atoms with Crippen LogP contribution in [0.2, 0.25) is 0 Å². The predicted molar refractivity (Wildman–Crippen MR) is 98.9 cm³/mol. The highest BCUT2D eigenvalue weighted by Gasteiger charge is 2.30. The van der Waals surface area contributed by atoms with Gasteiger partial charge in [0.15, 0.2) is 5.69 Å². The van der Waals surface area contributed by atoms with Gasteiger partial charge in [0.05, 0.1) is 22.3 Å². The van der Waals surface area contributed by atoms with Gasteiger partial charge in [-0.1, -0.05) is 24.3 Å². The van der Waals surface area contributed by atoms with E-state index < -0.39 is 10.7 Å². The molecule has 1 aromatic heterocycles. The van der Waals surface area contributed by atoms with Crippen molar-refractivity contribution in [2.24, 2.45) is 0 Å². The van der Waals surface area contributed by atoms with Crippen LogP contribution in [0.3, 0.4) is 0 Å². The Morgan fingerprint density at radius 2 is 1.96 bits per heavy atom. The molecular weight excluding hydrogens is 340 g/mol.